The Morgan fingerprint density at radius 1 is 1.24 bits per heavy atom. The van der Waals surface area contributed by atoms with E-state index in [2.05, 4.69) is 37.1 Å². The summed E-state index contributed by atoms with van der Waals surface area (Å²) >= 11 is 12.6. The maximum Gasteiger partial charge on any atom is 0.0640 e. The zero-order valence-electron chi connectivity index (χ0n) is 13.2. The largest absolute Gasteiger partial charge is 0.313 e. The maximum absolute atomic E-state index is 6.41. The average molecular weight is 329 g/mol. The molecule has 1 aromatic rings. The van der Waals surface area contributed by atoms with E-state index in [1.807, 2.05) is 12.1 Å². The zero-order valence-corrected chi connectivity index (χ0v) is 14.7. The van der Waals surface area contributed by atoms with Gasteiger partial charge in [-0.15, -0.1) is 0 Å². The maximum atomic E-state index is 6.41. The molecule has 1 aliphatic rings. The summed E-state index contributed by atoms with van der Waals surface area (Å²) in [5.74, 6) is 0. The van der Waals surface area contributed by atoms with E-state index in [4.69, 9.17) is 23.2 Å². The molecule has 1 N–H and O–H groups in total. The van der Waals surface area contributed by atoms with Crippen molar-refractivity contribution in [3.63, 3.8) is 0 Å². The van der Waals surface area contributed by atoms with E-state index in [1.165, 1.54) is 19.3 Å². The fraction of sp³-hybridized carbons (Fsp3) is 0.647. The number of piperidine rings is 1. The summed E-state index contributed by atoms with van der Waals surface area (Å²) in [6.45, 7) is 8.92. The van der Waals surface area contributed by atoms with E-state index in [9.17, 15) is 0 Å². The van der Waals surface area contributed by atoms with Gasteiger partial charge in [-0.3, -0.25) is 4.90 Å². The molecule has 1 aliphatic heterocycles. The minimum atomic E-state index is 0.264. The van der Waals surface area contributed by atoms with Crippen LogP contribution in [0.1, 0.15) is 51.6 Å². The van der Waals surface area contributed by atoms with Crippen molar-refractivity contribution in [2.24, 2.45) is 0 Å². The third-order valence-electron chi connectivity index (χ3n) is 4.44. The molecule has 1 heterocycles. The molecule has 1 fully saturated rings. The lowest BCUT2D eigenvalue weighted by molar-refractivity contribution is 0.138. The highest BCUT2D eigenvalue weighted by Crippen LogP contribution is 2.33. The first-order chi connectivity index (χ1) is 10.0. The highest BCUT2D eigenvalue weighted by atomic mass is 35.5. The molecule has 2 rings (SSSR count). The molecule has 1 aromatic carbocycles. The SMILES string of the molecule is CC(C)N(CC1CCCCN1)C(C)c1cccc(Cl)c1Cl. The van der Waals surface area contributed by atoms with E-state index in [0.29, 0.717) is 22.1 Å². The quantitative estimate of drug-likeness (QED) is 0.826. The van der Waals surface area contributed by atoms with E-state index in [0.717, 1.165) is 18.7 Å². The number of rotatable bonds is 5. The van der Waals surface area contributed by atoms with Gasteiger partial charge in [-0.1, -0.05) is 41.8 Å². The van der Waals surface area contributed by atoms with E-state index in [1.54, 1.807) is 0 Å². The molecule has 0 aromatic heterocycles. The molecule has 2 atom stereocenters. The van der Waals surface area contributed by atoms with Crippen molar-refractivity contribution in [3.05, 3.63) is 33.8 Å². The Morgan fingerprint density at radius 2 is 2.00 bits per heavy atom. The number of nitrogens with one attached hydrogen (secondary N) is 1. The van der Waals surface area contributed by atoms with Gasteiger partial charge < -0.3 is 5.32 Å². The Kier molecular flexibility index (Phi) is 6.36. The molecule has 0 saturated carbocycles. The topological polar surface area (TPSA) is 15.3 Å². The van der Waals surface area contributed by atoms with Crippen molar-refractivity contribution in [1.82, 2.24) is 10.2 Å². The van der Waals surface area contributed by atoms with Gasteiger partial charge >= 0.3 is 0 Å². The number of nitrogens with zero attached hydrogens (tertiary/aromatic N) is 1. The molecule has 21 heavy (non-hydrogen) atoms. The van der Waals surface area contributed by atoms with Gasteiger partial charge in [0.05, 0.1) is 10.0 Å². The molecule has 2 nitrogen and oxygen atoms in total. The van der Waals surface area contributed by atoms with Gasteiger partial charge in [-0.05, 0) is 51.8 Å². The second kappa shape index (κ2) is 7.82. The summed E-state index contributed by atoms with van der Waals surface area (Å²) in [6, 6.07) is 7.24. The lowest BCUT2D eigenvalue weighted by Crippen LogP contribution is -2.46. The molecule has 2 unspecified atom stereocenters. The monoisotopic (exact) mass is 328 g/mol. The van der Waals surface area contributed by atoms with Gasteiger partial charge in [0.15, 0.2) is 0 Å². The van der Waals surface area contributed by atoms with Crippen molar-refractivity contribution in [2.75, 3.05) is 13.1 Å². The summed E-state index contributed by atoms with van der Waals surface area (Å²) in [5, 5.41) is 4.96. The van der Waals surface area contributed by atoms with Crippen LogP contribution in [0.15, 0.2) is 18.2 Å². The molecule has 1 saturated heterocycles. The molecule has 0 amide bonds. The van der Waals surface area contributed by atoms with Crippen LogP contribution in [0.25, 0.3) is 0 Å². The van der Waals surface area contributed by atoms with Gasteiger partial charge in [0.1, 0.15) is 0 Å². The lowest BCUT2D eigenvalue weighted by Gasteiger charge is -2.37. The lowest BCUT2D eigenvalue weighted by atomic mass is 10.0. The standard InChI is InChI=1S/C17H26Cl2N2/c1-12(2)21(11-14-7-4-5-10-20-14)13(3)15-8-6-9-16(18)17(15)19/h6,8-9,12-14,20H,4-5,7,10-11H2,1-3H3. The predicted octanol–water partition coefficient (Wildman–Crippen LogP) is 4.91. The summed E-state index contributed by atoms with van der Waals surface area (Å²) < 4.78 is 0. The van der Waals surface area contributed by atoms with Crippen molar-refractivity contribution in [2.45, 2.75) is 58.2 Å². The number of hydrogen-bond acceptors (Lipinski definition) is 2. The van der Waals surface area contributed by atoms with Crippen molar-refractivity contribution in [3.8, 4) is 0 Å². The van der Waals surface area contributed by atoms with Crippen LogP contribution in [0.3, 0.4) is 0 Å². The molecule has 4 heteroatoms. The van der Waals surface area contributed by atoms with Crippen molar-refractivity contribution < 1.29 is 0 Å². The van der Waals surface area contributed by atoms with Gasteiger partial charge in [-0.25, -0.2) is 0 Å². The number of hydrogen-bond donors (Lipinski definition) is 1. The Morgan fingerprint density at radius 3 is 2.62 bits per heavy atom. The van der Waals surface area contributed by atoms with Gasteiger partial charge in [-0.2, -0.15) is 0 Å². The molecule has 0 bridgehead atoms. The molecule has 0 radical (unpaired) electrons. The van der Waals surface area contributed by atoms with Gasteiger partial charge in [0.25, 0.3) is 0 Å². The third-order valence-corrected chi connectivity index (χ3v) is 5.27. The Labute approximate surface area is 138 Å². The Bertz CT molecular complexity index is 456. The smallest absolute Gasteiger partial charge is 0.0640 e. The second-order valence-corrected chi connectivity index (χ2v) is 7.04. The number of halogens is 2. The minimum absolute atomic E-state index is 0.264. The Balaban J connectivity index is 2.14. The summed E-state index contributed by atoms with van der Waals surface area (Å²) in [7, 11) is 0. The fourth-order valence-corrected chi connectivity index (χ4v) is 3.64. The summed E-state index contributed by atoms with van der Waals surface area (Å²) in [4.78, 5) is 2.51. The van der Waals surface area contributed by atoms with Crippen LogP contribution < -0.4 is 5.32 Å². The summed E-state index contributed by atoms with van der Waals surface area (Å²) in [6.07, 6.45) is 3.89. The molecule has 0 aliphatic carbocycles. The average Bonchev–Trinajstić information content (AvgIpc) is 2.48. The van der Waals surface area contributed by atoms with Crippen LogP contribution in [0.2, 0.25) is 10.0 Å². The van der Waals surface area contributed by atoms with Crippen LogP contribution in [0, 0.1) is 0 Å². The van der Waals surface area contributed by atoms with E-state index >= 15 is 0 Å². The zero-order chi connectivity index (χ0) is 15.4. The first-order valence-electron chi connectivity index (χ1n) is 7.93. The minimum Gasteiger partial charge on any atom is -0.313 e. The van der Waals surface area contributed by atoms with Crippen molar-refractivity contribution >= 4 is 23.2 Å². The molecular weight excluding hydrogens is 303 g/mol. The number of benzene rings is 1. The molecular formula is C17H26Cl2N2. The van der Waals surface area contributed by atoms with Crippen LogP contribution in [-0.4, -0.2) is 30.1 Å². The molecule has 118 valence electrons. The van der Waals surface area contributed by atoms with E-state index in [-0.39, 0.29) is 6.04 Å². The molecule has 0 spiro atoms. The highest BCUT2D eigenvalue weighted by Gasteiger charge is 2.25. The second-order valence-electron chi connectivity index (χ2n) is 6.26. The predicted molar refractivity (Wildman–Crippen MR) is 92.4 cm³/mol. The van der Waals surface area contributed by atoms with Crippen molar-refractivity contribution in [1.29, 1.82) is 0 Å². The fourth-order valence-electron chi connectivity index (χ4n) is 3.17. The van der Waals surface area contributed by atoms with Crippen LogP contribution >= 0.6 is 23.2 Å². The van der Waals surface area contributed by atoms with Crippen LogP contribution in [0.4, 0.5) is 0 Å². The third kappa shape index (κ3) is 4.35. The highest BCUT2D eigenvalue weighted by molar-refractivity contribution is 6.42. The van der Waals surface area contributed by atoms with Gasteiger partial charge in [0.2, 0.25) is 0 Å². The van der Waals surface area contributed by atoms with E-state index < -0.39 is 0 Å². The normalized spacial score (nSPS) is 21.0. The first-order valence-corrected chi connectivity index (χ1v) is 8.69. The van der Waals surface area contributed by atoms with Crippen LogP contribution in [0.5, 0.6) is 0 Å². The van der Waals surface area contributed by atoms with Crippen LogP contribution in [-0.2, 0) is 0 Å². The van der Waals surface area contributed by atoms with Gasteiger partial charge in [0, 0.05) is 24.7 Å². The summed E-state index contributed by atoms with van der Waals surface area (Å²) in [5.41, 5.74) is 1.12. The Hall–Kier alpha value is -0.280. The first kappa shape index (κ1) is 17.1.